The molecule has 0 saturated carbocycles. The minimum Gasteiger partial charge on any atom is -0.395 e. The van der Waals surface area contributed by atoms with E-state index in [-0.39, 0.29) is 6.61 Å². The average Bonchev–Trinajstić information content (AvgIpc) is 2.93. The van der Waals surface area contributed by atoms with Crippen molar-refractivity contribution < 1.29 is 5.11 Å². The molecule has 0 bridgehead atoms. The fourth-order valence-electron chi connectivity index (χ4n) is 2.25. The van der Waals surface area contributed by atoms with Gasteiger partial charge in [0.05, 0.1) is 13.2 Å². The summed E-state index contributed by atoms with van der Waals surface area (Å²) in [6.45, 7) is 4.69. The number of hydrogen-bond donors (Lipinski definition) is 2. The van der Waals surface area contributed by atoms with Crippen molar-refractivity contribution in [3.8, 4) is 0 Å². The first-order valence-electron chi connectivity index (χ1n) is 6.66. The van der Waals surface area contributed by atoms with Crippen LogP contribution in [-0.4, -0.2) is 39.7 Å². The minimum absolute atomic E-state index is 0.169. The summed E-state index contributed by atoms with van der Waals surface area (Å²) in [5.74, 6) is 1.37. The first-order chi connectivity index (χ1) is 9.29. The van der Waals surface area contributed by atoms with E-state index in [1.54, 1.807) is 6.20 Å². The van der Waals surface area contributed by atoms with Gasteiger partial charge in [0.2, 0.25) is 0 Å². The second-order valence-electron chi connectivity index (χ2n) is 4.81. The molecular formula is C15H21N3O. The van der Waals surface area contributed by atoms with Gasteiger partial charge in [0, 0.05) is 25.5 Å². The van der Waals surface area contributed by atoms with Gasteiger partial charge in [-0.2, -0.15) is 0 Å². The predicted octanol–water partition coefficient (Wildman–Crippen LogP) is 2.01. The van der Waals surface area contributed by atoms with Crippen LogP contribution >= 0.6 is 0 Å². The van der Waals surface area contributed by atoms with Crippen LogP contribution in [0.4, 0.5) is 0 Å². The average molecular weight is 259 g/mol. The van der Waals surface area contributed by atoms with Crippen molar-refractivity contribution >= 4 is 0 Å². The number of nitrogens with zero attached hydrogens (tertiary/aromatic N) is 2. The zero-order chi connectivity index (χ0) is 13.5. The number of imidazole rings is 1. The molecule has 0 spiro atoms. The summed E-state index contributed by atoms with van der Waals surface area (Å²) in [6, 6.07) is 10.5. The Morgan fingerprint density at radius 2 is 2.11 bits per heavy atom. The summed E-state index contributed by atoms with van der Waals surface area (Å²) >= 11 is 0. The van der Waals surface area contributed by atoms with Gasteiger partial charge in [-0.1, -0.05) is 37.3 Å². The third-order valence-corrected chi connectivity index (χ3v) is 3.25. The maximum atomic E-state index is 9.18. The van der Waals surface area contributed by atoms with Crippen LogP contribution in [0.1, 0.15) is 24.2 Å². The van der Waals surface area contributed by atoms with Gasteiger partial charge in [0.15, 0.2) is 0 Å². The Morgan fingerprint density at radius 3 is 2.74 bits per heavy atom. The van der Waals surface area contributed by atoms with Crippen molar-refractivity contribution in [3.63, 3.8) is 0 Å². The lowest BCUT2D eigenvalue weighted by atomic mass is 10.0. The second-order valence-corrected chi connectivity index (χ2v) is 4.81. The molecule has 4 nitrogen and oxygen atoms in total. The van der Waals surface area contributed by atoms with E-state index in [2.05, 4.69) is 46.1 Å². The number of benzene rings is 1. The highest BCUT2D eigenvalue weighted by molar-refractivity contribution is 5.19. The van der Waals surface area contributed by atoms with E-state index >= 15 is 0 Å². The van der Waals surface area contributed by atoms with E-state index in [0.717, 1.165) is 18.9 Å². The number of aromatic nitrogens is 2. The Balaban J connectivity index is 1.96. The topological polar surface area (TPSA) is 52.1 Å². The number of aliphatic hydroxyl groups excluding tert-OH is 1. The summed E-state index contributed by atoms with van der Waals surface area (Å²) < 4.78 is 0. The highest BCUT2D eigenvalue weighted by atomic mass is 16.3. The molecule has 0 radical (unpaired) electrons. The molecular weight excluding hydrogens is 238 g/mol. The summed E-state index contributed by atoms with van der Waals surface area (Å²) in [7, 11) is 0. The highest BCUT2D eigenvalue weighted by Crippen LogP contribution is 2.16. The summed E-state index contributed by atoms with van der Waals surface area (Å²) in [5.41, 5.74) is 1.32. The first-order valence-corrected chi connectivity index (χ1v) is 6.66. The molecule has 0 aliphatic carbocycles. The molecule has 0 aliphatic rings. The lowest BCUT2D eigenvalue weighted by molar-refractivity contribution is 0.181. The van der Waals surface area contributed by atoms with Gasteiger partial charge in [0.1, 0.15) is 5.82 Å². The standard InChI is InChI=1S/C15H21N3O/c1-13(14-5-3-2-4-6-14)11-18(9-10-19)12-15-16-7-8-17-15/h2-8,13,19H,9-12H2,1H3,(H,16,17). The zero-order valence-corrected chi connectivity index (χ0v) is 11.3. The van der Waals surface area contributed by atoms with Crippen molar-refractivity contribution in [2.45, 2.75) is 19.4 Å². The van der Waals surface area contributed by atoms with E-state index in [0.29, 0.717) is 12.5 Å². The molecule has 0 saturated heterocycles. The number of H-pyrrole nitrogens is 1. The van der Waals surface area contributed by atoms with Gasteiger partial charge in [-0.15, -0.1) is 0 Å². The molecule has 19 heavy (non-hydrogen) atoms. The monoisotopic (exact) mass is 259 g/mol. The third kappa shape index (κ3) is 4.19. The van der Waals surface area contributed by atoms with E-state index < -0.39 is 0 Å². The molecule has 1 unspecified atom stereocenters. The van der Waals surface area contributed by atoms with Crippen LogP contribution in [0.15, 0.2) is 42.7 Å². The van der Waals surface area contributed by atoms with Gasteiger partial charge in [0.25, 0.3) is 0 Å². The number of aliphatic hydroxyl groups is 1. The largest absolute Gasteiger partial charge is 0.395 e. The van der Waals surface area contributed by atoms with Crippen molar-refractivity contribution in [2.24, 2.45) is 0 Å². The zero-order valence-electron chi connectivity index (χ0n) is 11.3. The van der Waals surface area contributed by atoms with Crippen LogP contribution in [-0.2, 0) is 6.54 Å². The highest BCUT2D eigenvalue weighted by Gasteiger charge is 2.12. The number of aromatic amines is 1. The van der Waals surface area contributed by atoms with E-state index in [1.165, 1.54) is 5.56 Å². The minimum atomic E-state index is 0.169. The Labute approximate surface area is 114 Å². The van der Waals surface area contributed by atoms with Crippen molar-refractivity contribution in [3.05, 3.63) is 54.1 Å². The summed E-state index contributed by atoms with van der Waals surface area (Å²) in [6.07, 6.45) is 3.58. The summed E-state index contributed by atoms with van der Waals surface area (Å²) in [4.78, 5) is 9.56. The van der Waals surface area contributed by atoms with Crippen LogP contribution in [0.25, 0.3) is 0 Å². The first kappa shape index (κ1) is 13.8. The van der Waals surface area contributed by atoms with Crippen molar-refractivity contribution in [1.29, 1.82) is 0 Å². The molecule has 1 atom stereocenters. The Kier molecular flexibility index (Phi) is 5.12. The molecule has 2 rings (SSSR count). The van der Waals surface area contributed by atoms with Crippen LogP contribution in [0.5, 0.6) is 0 Å². The van der Waals surface area contributed by atoms with Gasteiger partial charge in [-0.3, -0.25) is 4.90 Å². The van der Waals surface area contributed by atoms with Gasteiger partial charge in [-0.05, 0) is 11.5 Å². The molecule has 2 aromatic rings. The van der Waals surface area contributed by atoms with E-state index in [9.17, 15) is 5.11 Å². The van der Waals surface area contributed by atoms with Crippen LogP contribution in [0.3, 0.4) is 0 Å². The molecule has 4 heteroatoms. The Morgan fingerprint density at radius 1 is 1.32 bits per heavy atom. The fraction of sp³-hybridized carbons (Fsp3) is 0.400. The molecule has 1 aromatic carbocycles. The van der Waals surface area contributed by atoms with Crippen LogP contribution in [0.2, 0.25) is 0 Å². The van der Waals surface area contributed by atoms with E-state index in [1.807, 2.05) is 12.3 Å². The Bertz CT molecular complexity index is 456. The number of nitrogens with one attached hydrogen (secondary N) is 1. The summed E-state index contributed by atoms with van der Waals surface area (Å²) in [5, 5.41) is 9.18. The molecule has 1 aromatic heterocycles. The fourth-order valence-corrected chi connectivity index (χ4v) is 2.25. The second kappa shape index (κ2) is 7.07. The lowest BCUT2D eigenvalue weighted by Crippen LogP contribution is -2.30. The Hall–Kier alpha value is -1.65. The van der Waals surface area contributed by atoms with Crippen LogP contribution in [0, 0.1) is 0 Å². The van der Waals surface area contributed by atoms with Crippen molar-refractivity contribution in [1.82, 2.24) is 14.9 Å². The number of hydrogen-bond acceptors (Lipinski definition) is 3. The maximum Gasteiger partial charge on any atom is 0.120 e. The molecule has 0 aliphatic heterocycles. The molecule has 0 amide bonds. The SMILES string of the molecule is CC(CN(CCO)Cc1ncc[nH]1)c1ccccc1. The normalized spacial score (nSPS) is 12.8. The molecule has 1 heterocycles. The van der Waals surface area contributed by atoms with Gasteiger partial charge >= 0.3 is 0 Å². The lowest BCUT2D eigenvalue weighted by Gasteiger charge is -2.24. The predicted molar refractivity (Wildman–Crippen MR) is 75.8 cm³/mol. The van der Waals surface area contributed by atoms with Crippen molar-refractivity contribution in [2.75, 3.05) is 19.7 Å². The quantitative estimate of drug-likeness (QED) is 0.799. The van der Waals surface area contributed by atoms with Gasteiger partial charge in [-0.25, -0.2) is 4.98 Å². The smallest absolute Gasteiger partial charge is 0.120 e. The number of rotatable bonds is 7. The third-order valence-electron chi connectivity index (χ3n) is 3.25. The van der Waals surface area contributed by atoms with Crippen LogP contribution < -0.4 is 0 Å². The molecule has 2 N–H and O–H groups in total. The van der Waals surface area contributed by atoms with E-state index in [4.69, 9.17) is 0 Å². The molecule has 0 fully saturated rings. The molecule has 102 valence electrons. The maximum absolute atomic E-state index is 9.18. The van der Waals surface area contributed by atoms with Gasteiger partial charge < -0.3 is 10.1 Å².